The molecule has 1 aliphatic rings. The van der Waals surface area contributed by atoms with E-state index in [1.54, 1.807) is 28.4 Å². The Hall–Kier alpha value is -2.34. The molecule has 0 bridgehead atoms. The molecular formula is C18H20N2O3S. The van der Waals surface area contributed by atoms with Crippen LogP contribution >= 0.6 is 11.3 Å². The third-order valence-corrected chi connectivity index (χ3v) is 4.98. The maximum atomic E-state index is 12.0. The average Bonchev–Trinajstić information content (AvgIpc) is 3.24. The highest BCUT2D eigenvalue weighted by molar-refractivity contribution is 7.10. The van der Waals surface area contributed by atoms with Crippen LogP contribution in [0.5, 0.6) is 5.75 Å². The molecule has 5 nitrogen and oxygen atoms in total. The van der Waals surface area contributed by atoms with E-state index in [9.17, 15) is 9.59 Å². The van der Waals surface area contributed by atoms with Crippen molar-refractivity contribution >= 4 is 28.8 Å². The Morgan fingerprint density at radius 1 is 1.38 bits per heavy atom. The largest absolute Gasteiger partial charge is 0.484 e. The molecule has 2 heterocycles. The number of carbonyl (C=O) groups excluding carboxylic acids is 2. The SMILES string of the molecule is C[C@@H](NC(=O)COc1cccc(N2CCCC2=O)c1)c1cccs1. The van der Waals surface area contributed by atoms with Gasteiger partial charge in [-0.3, -0.25) is 9.59 Å². The van der Waals surface area contributed by atoms with Gasteiger partial charge in [0.1, 0.15) is 5.75 Å². The molecule has 126 valence electrons. The highest BCUT2D eigenvalue weighted by Gasteiger charge is 2.21. The zero-order valence-corrected chi connectivity index (χ0v) is 14.3. The summed E-state index contributed by atoms with van der Waals surface area (Å²) in [6, 6.07) is 11.2. The Labute approximate surface area is 145 Å². The van der Waals surface area contributed by atoms with E-state index in [-0.39, 0.29) is 24.5 Å². The lowest BCUT2D eigenvalue weighted by Crippen LogP contribution is -2.31. The van der Waals surface area contributed by atoms with Crippen LogP contribution in [0.1, 0.15) is 30.7 Å². The van der Waals surface area contributed by atoms with Crippen molar-refractivity contribution in [1.29, 1.82) is 0 Å². The summed E-state index contributed by atoms with van der Waals surface area (Å²) in [7, 11) is 0. The van der Waals surface area contributed by atoms with Crippen molar-refractivity contribution in [3.05, 3.63) is 46.7 Å². The molecular weight excluding hydrogens is 324 g/mol. The number of carbonyl (C=O) groups is 2. The van der Waals surface area contributed by atoms with Crippen molar-refractivity contribution in [3.8, 4) is 5.75 Å². The minimum Gasteiger partial charge on any atom is -0.484 e. The molecule has 1 atom stereocenters. The fourth-order valence-electron chi connectivity index (χ4n) is 2.70. The molecule has 1 aliphatic heterocycles. The quantitative estimate of drug-likeness (QED) is 0.876. The van der Waals surface area contributed by atoms with E-state index in [1.807, 2.05) is 36.6 Å². The third-order valence-electron chi connectivity index (χ3n) is 3.92. The van der Waals surface area contributed by atoms with E-state index in [1.165, 1.54) is 0 Å². The standard InChI is InChI=1S/C18H20N2O3S/c1-13(16-7-4-10-24-16)19-17(21)12-23-15-6-2-5-14(11-15)20-9-3-8-18(20)22/h2,4-7,10-11,13H,3,8-9,12H2,1H3,(H,19,21)/t13-/m1/s1. The molecule has 0 saturated carbocycles. The van der Waals surface area contributed by atoms with Gasteiger partial charge in [-0.1, -0.05) is 12.1 Å². The molecule has 0 unspecified atom stereocenters. The predicted molar refractivity (Wildman–Crippen MR) is 94.4 cm³/mol. The van der Waals surface area contributed by atoms with Gasteiger partial charge in [-0.15, -0.1) is 11.3 Å². The van der Waals surface area contributed by atoms with E-state index in [2.05, 4.69) is 5.32 Å². The van der Waals surface area contributed by atoms with Crippen LogP contribution in [0.15, 0.2) is 41.8 Å². The van der Waals surface area contributed by atoms with Crippen LogP contribution in [0.25, 0.3) is 0 Å². The normalized spacial score (nSPS) is 15.4. The van der Waals surface area contributed by atoms with E-state index < -0.39 is 0 Å². The number of benzene rings is 1. The number of hydrogen-bond acceptors (Lipinski definition) is 4. The number of ether oxygens (including phenoxy) is 1. The van der Waals surface area contributed by atoms with Gasteiger partial charge in [0.05, 0.1) is 6.04 Å². The molecule has 0 spiro atoms. The molecule has 1 aromatic heterocycles. The van der Waals surface area contributed by atoms with Gasteiger partial charge < -0.3 is 15.0 Å². The van der Waals surface area contributed by atoms with E-state index in [4.69, 9.17) is 4.74 Å². The van der Waals surface area contributed by atoms with Crippen molar-refractivity contribution in [3.63, 3.8) is 0 Å². The first-order valence-corrected chi connectivity index (χ1v) is 8.87. The third kappa shape index (κ3) is 3.94. The molecule has 2 amide bonds. The molecule has 24 heavy (non-hydrogen) atoms. The van der Waals surface area contributed by atoms with Crippen LogP contribution in [0.4, 0.5) is 5.69 Å². The number of hydrogen-bond donors (Lipinski definition) is 1. The zero-order valence-electron chi connectivity index (χ0n) is 13.5. The van der Waals surface area contributed by atoms with Crippen molar-refractivity contribution in [1.82, 2.24) is 5.32 Å². The maximum Gasteiger partial charge on any atom is 0.258 e. The number of nitrogens with zero attached hydrogens (tertiary/aromatic N) is 1. The first-order valence-electron chi connectivity index (χ1n) is 7.99. The fraction of sp³-hybridized carbons (Fsp3) is 0.333. The number of rotatable bonds is 6. The van der Waals surface area contributed by atoms with Crippen molar-refractivity contribution < 1.29 is 14.3 Å². The molecule has 1 fully saturated rings. The number of nitrogens with one attached hydrogen (secondary N) is 1. The van der Waals surface area contributed by atoms with Crippen LogP contribution < -0.4 is 15.0 Å². The van der Waals surface area contributed by atoms with E-state index >= 15 is 0 Å². The molecule has 1 aromatic carbocycles. The maximum absolute atomic E-state index is 12.0. The number of thiophene rings is 1. The first kappa shape index (κ1) is 16.5. The van der Waals surface area contributed by atoms with E-state index in [0.717, 1.165) is 23.5 Å². The second kappa shape index (κ2) is 7.49. The average molecular weight is 344 g/mol. The summed E-state index contributed by atoms with van der Waals surface area (Å²) in [5.74, 6) is 0.555. The van der Waals surface area contributed by atoms with Gasteiger partial charge >= 0.3 is 0 Å². The first-order chi connectivity index (χ1) is 11.6. The smallest absolute Gasteiger partial charge is 0.258 e. The van der Waals surface area contributed by atoms with Gasteiger partial charge in [0.2, 0.25) is 5.91 Å². The lowest BCUT2D eigenvalue weighted by atomic mass is 10.2. The summed E-state index contributed by atoms with van der Waals surface area (Å²) in [6.07, 6.45) is 1.47. The topological polar surface area (TPSA) is 58.6 Å². The summed E-state index contributed by atoms with van der Waals surface area (Å²) in [4.78, 5) is 26.7. The predicted octanol–water partition coefficient (Wildman–Crippen LogP) is 3.13. The van der Waals surface area contributed by atoms with E-state index in [0.29, 0.717) is 12.2 Å². The van der Waals surface area contributed by atoms with Gasteiger partial charge in [-0.2, -0.15) is 0 Å². The van der Waals surface area contributed by atoms with Crippen LogP contribution in [0.2, 0.25) is 0 Å². The molecule has 1 N–H and O–H groups in total. The molecule has 1 saturated heterocycles. The Morgan fingerprint density at radius 2 is 2.25 bits per heavy atom. The van der Waals surface area contributed by atoms with Gasteiger partial charge in [0.25, 0.3) is 5.91 Å². The number of amides is 2. The van der Waals surface area contributed by atoms with Crippen molar-refractivity contribution in [2.45, 2.75) is 25.8 Å². The van der Waals surface area contributed by atoms with Crippen LogP contribution in [-0.2, 0) is 9.59 Å². The zero-order chi connectivity index (χ0) is 16.9. The Balaban J connectivity index is 1.54. The second-order valence-corrected chi connectivity index (χ2v) is 6.72. The van der Waals surface area contributed by atoms with Gasteiger partial charge in [-0.05, 0) is 36.9 Å². The monoisotopic (exact) mass is 344 g/mol. The van der Waals surface area contributed by atoms with Crippen LogP contribution in [-0.4, -0.2) is 25.0 Å². The van der Waals surface area contributed by atoms with Crippen LogP contribution in [0.3, 0.4) is 0 Å². The van der Waals surface area contributed by atoms with Gasteiger partial charge in [-0.25, -0.2) is 0 Å². The Bertz CT molecular complexity index is 715. The lowest BCUT2D eigenvalue weighted by Gasteiger charge is -2.17. The lowest BCUT2D eigenvalue weighted by molar-refractivity contribution is -0.123. The summed E-state index contributed by atoms with van der Waals surface area (Å²) in [5.41, 5.74) is 0.822. The summed E-state index contributed by atoms with van der Waals surface area (Å²) < 4.78 is 5.57. The highest BCUT2D eigenvalue weighted by atomic mass is 32.1. The van der Waals surface area contributed by atoms with Gasteiger partial charge in [0, 0.05) is 29.6 Å². The number of anilines is 1. The van der Waals surface area contributed by atoms with Crippen molar-refractivity contribution in [2.75, 3.05) is 18.1 Å². The van der Waals surface area contributed by atoms with Gasteiger partial charge in [0.15, 0.2) is 6.61 Å². The summed E-state index contributed by atoms with van der Waals surface area (Å²) in [6.45, 7) is 2.64. The fourth-order valence-corrected chi connectivity index (χ4v) is 3.44. The minimum atomic E-state index is -0.168. The molecule has 3 rings (SSSR count). The van der Waals surface area contributed by atoms with Crippen LogP contribution in [0, 0.1) is 0 Å². The summed E-state index contributed by atoms with van der Waals surface area (Å²) in [5, 5.41) is 4.90. The molecule has 2 aromatic rings. The van der Waals surface area contributed by atoms with Crippen molar-refractivity contribution in [2.24, 2.45) is 0 Å². The highest BCUT2D eigenvalue weighted by Crippen LogP contribution is 2.25. The minimum absolute atomic E-state index is 0.0327. The molecule has 0 radical (unpaired) electrons. The summed E-state index contributed by atoms with van der Waals surface area (Å²) >= 11 is 1.61. The second-order valence-electron chi connectivity index (χ2n) is 5.74. The molecule has 6 heteroatoms. The molecule has 0 aliphatic carbocycles. The Kier molecular flexibility index (Phi) is 5.15. The Morgan fingerprint density at radius 3 is 2.96 bits per heavy atom.